The number of rotatable bonds is 4. The first-order chi connectivity index (χ1) is 11.3. The minimum absolute atomic E-state index is 0.0127. The van der Waals surface area contributed by atoms with Gasteiger partial charge in [-0.2, -0.15) is 0 Å². The number of nitrogens with one attached hydrogen (secondary N) is 3. The Hall–Kier alpha value is -3.22. The van der Waals surface area contributed by atoms with Crippen LogP contribution in [-0.2, 0) is 9.59 Å². The van der Waals surface area contributed by atoms with Crippen molar-refractivity contribution >= 4 is 34.8 Å². The molecule has 6 nitrogen and oxygen atoms in total. The Morgan fingerprint density at radius 1 is 0.792 bits per heavy atom. The van der Waals surface area contributed by atoms with Gasteiger partial charge in [-0.25, -0.2) is 4.39 Å². The third kappa shape index (κ3) is 4.64. The predicted molar refractivity (Wildman–Crippen MR) is 89.4 cm³/mol. The second-order valence-corrected chi connectivity index (χ2v) is 5.09. The summed E-state index contributed by atoms with van der Waals surface area (Å²) in [6.45, 7) is 2.66. The van der Waals surface area contributed by atoms with Crippen molar-refractivity contribution in [2.24, 2.45) is 0 Å². The fraction of sp³-hybridized carbons (Fsp3) is 0.118. The van der Waals surface area contributed by atoms with Crippen molar-refractivity contribution in [3.05, 3.63) is 53.8 Å². The topological polar surface area (TPSA) is 87.3 Å². The van der Waals surface area contributed by atoms with Gasteiger partial charge in [-0.3, -0.25) is 14.4 Å². The van der Waals surface area contributed by atoms with Gasteiger partial charge in [-0.15, -0.1) is 0 Å². The molecule has 124 valence electrons. The second-order valence-electron chi connectivity index (χ2n) is 5.09. The molecule has 0 aliphatic rings. The summed E-state index contributed by atoms with van der Waals surface area (Å²) in [6, 6.07) is 10.2. The average Bonchev–Trinajstić information content (AvgIpc) is 2.50. The molecule has 0 bridgehead atoms. The molecule has 0 aliphatic heterocycles. The normalized spacial score (nSPS) is 9.96. The molecule has 2 aromatic carbocycles. The molecule has 0 aromatic heterocycles. The Morgan fingerprint density at radius 2 is 1.38 bits per heavy atom. The smallest absolute Gasteiger partial charge is 0.255 e. The monoisotopic (exact) mass is 329 g/mol. The van der Waals surface area contributed by atoms with Gasteiger partial charge in [0.15, 0.2) is 0 Å². The lowest BCUT2D eigenvalue weighted by atomic mass is 10.2. The standard InChI is InChI=1S/C17H16FN3O3/c1-10(22)19-13-5-3-12(4-6-13)17(24)21-14-7-8-15(18)16(9-14)20-11(2)23/h3-9H,1-2H3,(H,19,22)(H,20,23)(H,21,24). The molecule has 2 aromatic rings. The molecule has 3 amide bonds. The third-order valence-corrected chi connectivity index (χ3v) is 3.00. The molecule has 0 spiro atoms. The lowest BCUT2D eigenvalue weighted by Crippen LogP contribution is -2.13. The van der Waals surface area contributed by atoms with E-state index in [9.17, 15) is 18.8 Å². The number of carbonyl (C=O) groups is 3. The maximum Gasteiger partial charge on any atom is 0.255 e. The van der Waals surface area contributed by atoms with Crippen LogP contribution in [0.4, 0.5) is 21.5 Å². The highest BCUT2D eigenvalue weighted by Crippen LogP contribution is 2.20. The van der Waals surface area contributed by atoms with Crippen LogP contribution in [0, 0.1) is 5.82 Å². The van der Waals surface area contributed by atoms with E-state index in [1.54, 1.807) is 24.3 Å². The van der Waals surface area contributed by atoms with Crippen LogP contribution in [0.5, 0.6) is 0 Å². The zero-order valence-electron chi connectivity index (χ0n) is 13.1. The van der Waals surface area contributed by atoms with E-state index in [1.807, 2.05) is 0 Å². The van der Waals surface area contributed by atoms with Gasteiger partial charge in [0.05, 0.1) is 5.69 Å². The highest BCUT2D eigenvalue weighted by molar-refractivity contribution is 6.05. The quantitative estimate of drug-likeness (QED) is 0.806. The minimum Gasteiger partial charge on any atom is -0.326 e. The van der Waals surface area contributed by atoms with Crippen LogP contribution in [0.3, 0.4) is 0 Å². The van der Waals surface area contributed by atoms with Gasteiger partial charge in [0.1, 0.15) is 5.82 Å². The first kappa shape index (κ1) is 17.1. The number of benzene rings is 2. The van der Waals surface area contributed by atoms with Gasteiger partial charge in [0, 0.05) is 30.8 Å². The molecular formula is C17H16FN3O3. The lowest BCUT2D eigenvalue weighted by molar-refractivity contribution is -0.115. The van der Waals surface area contributed by atoms with Gasteiger partial charge >= 0.3 is 0 Å². The van der Waals surface area contributed by atoms with Gasteiger partial charge in [0.25, 0.3) is 5.91 Å². The van der Waals surface area contributed by atoms with Crippen LogP contribution >= 0.6 is 0 Å². The van der Waals surface area contributed by atoms with E-state index < -0.39 is 17.6 Å². The highest BCUT2D eigenvalue weighted by Gasteiger charge is 2.09. The van der Waals surface area contributed by atoms with Crippen molar-refractivity contribution in [1.29, 1.82) is 0 Å². The summed E-state index contributed by atoms with van der Waals surface area (Å²) in [6.07, 6.45) is 0. The molecule has 0 unspecified atom stereocenters. The number of amides is 3. The minimum atomic E-state index is -0.595. The molecule has 0 atom stereocenters. The number of halogens is 1. The Labute approximate surface area is 138 Å². The molecule has 0 aliphatic carbocycles. The largest absolute Gasteiger partial charge is 0.326 e. The Bertz CT molecular complexity index is 788. The molecule has 0 radical (unpaired) electrons. The fourth-order valence-electron chi connectivity index (χ4n) is 2.00. The van der Waals surface area contributed by atoms with Gasteiger partial charge in [-0.05, 0) is 42.5 Å². The van der Waals surface area contributed by atoms with E-state index >= 15 is 0 Å². The van der Waals surface area contributed by atoms with Crippen molar-refractivity contribution < 1.29 is 18.8 Å². The Kier molecular flexibility index (Phi) is 5.26. The highest BCUT2D eigenvalue weighted by atomic mass is 19.1. The summed E-state index contributed by atoms with van der Waals surface area (Å²) >= 11 is 0. The van der Waals surface area contributed by atoms with E-state index in [1.165, 1.54) is 26.0 Å². The molecular weight excluding hydrogens is 313 g/mol. The summed E-state index contributed by atoms with van der Waals surface area (Å²) in [5, 5.41) is 7.56. The summed E-state index contributed by atoms with van der Waals surface area (Å²) in [4.78, 5) is 34.2. The van der Waals surface area contributed by atoms with Gasteiger partial charge in [-0.1, -0.05) is 0 Å². The van der Waals surface area contributed by atoms with Crippen molar-refractivity contribution in [2.45, 2.75) is 13.8 Å². The maximum absolute atomic E-state index is 13.6. The molecule has 0 saturated carbocycles. The van der Waals surface area contributed by atoms with Crippen LogP contribution in [0.1, 0.15) is 24.2 Å². The third-order valence-electron chi connectivity index (χ3n) is 3.00. The number of hydrogen-bond donors (Lipinski definition) is 3. The van der Waals surface area contributed by atoms with Crippen LogP contribution in [0.2, 0.25) is 0 Å². The molecule has 3 N–H and O–H groups in total. The zero-order valence-corrected chi connectivity index (χ0v) is 13.1. The van der Waals surface area contributed by atoms with Crippen molar-refractivity contribution in [1.82, 2.24) is 0 Å². The fourth-order valence-corrected chi connectivity index (χ4v) is 2.00. The lowest BCUT2D eigenvalue weighted by Gasteiger charge is -2.09. The molecule has 0 fully saturated rings. The van der Waals surface area contributed by atoms with E-state index in [4.69, 9.17) is 0 Å². The molecule has 24 heavy (non-hydrogen) atoms. The van der Waals surface area contributed by atoms with E-state index in [-0.39, 0.29) is 11.6 Å². The SMILES string of the molecule is CC(=O)Nc1ccc(C(=O)Nc2ccc(F)c(NC(C)=O)c2)cc1. The average molecular weight is 329 g/mol. The first-order valence-electron chi connectivity index (χ1n) is 7.11. The first-order valence-corrected chi connectivity index (χ1v) is 7.11. The predicted octanol–water partition coefficient (Wildman–Crippen LogP) is 2.99. The molecule has 7 heteroatoms. The molecule has 2 rings (SSSR count). The number of carbonyl (C=O) groups excluding carboxylic acids is 3. The van der Waals surface area contributed by atoms with Crippen molar-refractivity contribution in [3.63, 3.8) is 0 Å². The van der Waals surface area contributed by atoms with E-state index in [0.717, 1.165) is 6.07 Å². The van der Waals surface area contributed by atoms with Gasteiger partial charge in [0.2, 0.25) is 11.8 Å². The van der Waals surface area contributed by atoms with E-state index in [0.29, 0.717) is 16.9 Å². The zero-order chi connectivity index (χ0) is 17.7. The number of anilines is 3. The van der Waals surface area contributed by atoms with Crippen molar-refractivity contribution in [3.8, 4) is 0 Å². The molecule has 0 saturated heterocycles. The van der Waals surface area contributed by atoms with Crippen molar-refractivity contribution in [2.75, 3.05) is 16.0 Å². The Balaban J connectivity index is 2.11. The molecule has 0 heterocycles. The van der Waals surface area contributed by atoms with Gasteiger partial charge < -0.3 is 16.0 Å². The summed E-state index contributed by atoms with van der Waals surface area (Å²) < 4.78 is 13.6. The van der Waals surface area contributed by atoms with Crippen LogP contribution < -0.4 is 16.0 Å². The summed E-state index contributed by atoms with van der Waals surface area (Å²) in [5.74, 6) is -1.61. The summed E-state index contributed by atoms with van der Waals surface area (Å²) in [5.41, 5.74) is 1.28. The van der Waals surface area contributed by atoms with Crippen LogP contribution in [-0.4, -0.2) is 17.7 Å². The van der Waals surface area contributed by atoms with E-state index in [2.05, 4.69) is 16.0 Å². The number of hydrogen-bond acceptors (Lipinski definition) is 3. The maximum atomic E-state index is 13.6. The second kappa shape index (κ2) is 7.36. The Morgan fingerprint density at radius 3 is 1.96 bits per heavy atom. The summed E-state index contributed by atoms with van der Waals surface area (Å²) in [7, 11) is 0. The van der Waals surface area contributed by atoms with Crippen LogP contribution in [0.15, 0.2) is 42.5 Å². The van der Waals surface area contributed by atoms with Crippen LogP contribution in [0.25, 0.3) is 0 Å².